The summed E-state index contributed by atoms with van der Waals surface area (Å²) in [6.45, 7) is 0.918. The molecule has 3 aromatic heterocycles. The lowest BCUT2D eigenvalue weighted by Gasteiger charge is -2.17. The minimum Gasteiger partial charge on any atom is -0.306 e. The van der Waals surface area contributed by atoms with Crippen molar-refractivity contribution in [3.8, 4) is 27.9 Å². The van der Waals surface area contributed by atoms with Crippen molar-refractivity contribution >= 4 is 33.3 Å². The molecule has 0 radical (unpaired) electrons. The minimum atomic E-state index is -0.525. The van der Waals surface area contributed by atoms with E-state index in [1.165, 1.54) is 5.69 Å². The number of aromatic amines is 1. The Morgan fingerprint density at radius 2 is 1.76 bits per heavy atom. The zero-order chi connectivity index (χ0) is 25.8. The van der Waals surface area contributed by atoms with Crippen molar-refractivity contribution in [2.75, 3.05) is 0 Å². The molecule has 0 saturated heterocycles. The molecule has 4 heterocycles. The molecular formula is C30H22ClN5O2. The van der Waals surface area contributed by atoms with Crippen molar-refractivity contribution in [3.63, 3.8) is 0 Å². The van der Waals surface area contributed by atoms with Crippen LogP contribution in [0.4, 0.5) is 0 Å². The summed E-state index contributed by atoms with van der Waals surface area (Å²) in [4.78, 5) is 34.0. The maximum Gasteiger partial charge on any atom is 0.333 e. The third-order valence-corrected chi connectivity index (χ3v) is 7.68. The summed E-state index contributed by atoms with van der Waals surface area (Å²) in [7, 11) is 0. The lowest BCUT2D eigenvalue weighted by molar-refractivity contribution is 0.487. The molecule has 0 spiro atoms. The molecule has 6 aromatic rings. The third-order valence-electron chi connectivity index (χ3n) is 7.36. The van der Waals surface area contributed by atoms with E-state index in [0.717, 1.165) is 63.4 Å². The van der Waals surface area contributed by atoms with Gasteiger partial charge in [-0.15, -0.1) is 0 Å². The molecule has 0 atom stereocenters. The Hall–Kier alpha value is -4.49. The summed E-state index contributed by atoms with van der Waals surface area (Å²) in [5, 5.41) is 7.22. The molecule has 0 unspecified atom stereocenters. The molecule has 3 aromatic carbocycles. The summed E-state index contributed by atoms with van der Waals surface area (Å²) < 4.78 is 3.23. The van der Waals surface area contributed by atoms with Crippen LogP contribution >= 0.6 is 11.6 Å². The molecule has 1 N–H and O–H groups in total. The highest BCUT2D eigenvalue weighted by Crippen LogP contribution is 2.40. The van der Waals surface area contributed by atoms with Crippen molar-refractivity contribution in [2.45, 2.75) is 25.8 Å². The van der Waals surface area contributed by atoms with Crippen LogP contribution in [0.15, 0.2) is 88.8 Å². The number of fused-ring (bicyclic) bond motifs is 3. The molecule has 8 heteroatoms. The van der Waals surface area contributed by atoms with Crippen LogP contribution in [0, 0.1) is 0 Å². The van der Waals surface area contributed by atoms with Gasteiger partial charge in [0.1, 0.15) is 0 Å². The zero-order valence-electron chi connectivity index (χ0n) is 20.3. The Morgan fingerprint density at radius 1 is 0.868 bits per heavy atom. The maximum atomic E-state index is 13.6. The van der Waals surface area contributed by atoms with E-state index in [4.69, 9.17) is 11.6 Å². The number of aryl methyl sites for hydroxylation is 1. The monoisotopic (exact) mass is 519 g/mol. The van der Waals surface area contributed by atoms with Gasteiger partial charge in [0.2, 0.25) is 0 Å². The Morgan fingerprint density at radius 3 is 2.68 bits per heavy atom. The number of pyridine rings is 1. The summed E-state index contributed by atoms with van der Waals surface area (Å²) in [5.41, 5.74) is 4.88. The minimum absolute atomic E-state index is 0.401. The van der Waals surface area contributed by atoms with E-state index in [1.54, 1.807) is 18.5 Å². The fraction of sp³-hybridized carbons (Fsp3) is 0.133. The van der Waals surface area contributed by atoms with Gasteiger partial charge in [0.05, 0.1) is 29.0 Å². The predicted octanol–water partition coefficient (Wildman–Crippen LogP) is 5.75. The zero-order valence-corrected chi connectivity index (χ0v) is 21.1. The summed E-state index contributed by atoms with van der Waals surface area (Å²) in [6.07, 6.45) is 8.39. The molecule has 1 aliphatic heterocycles. The van der Waals surface area contributed by atoms with Crippen LogP contribution in [0.3, 0.4) is 0 Å². The summed E-state index contributed by atoms with van der Waals surface area (Å²) >= 11 is 6.77. The number of halogens is 1. The first kappa shape index (κ1) is 22.7. The van der Waals surface area contributed by atoms with Crippen LogP contribution in [-0.4, -0.2) is 24.3 Å². The lowest BCUT2D eigenvalue weighted by Crippen LogP contribution is -2.33. The van der Waals surface area contributed by atoms with Crippen LogP contribution in [-0.2, 0) is 13.0 Å². The molecule has 38 heavy (non-hydrogen) atoms. The normalized spacial score (nSPS) is 13.2. The topological polar surface area (TPSA) is 85.6 Å². The van der Waals surface area contributed by atoms with Crippen molar-refractivity contribution in [3.05, 3.63) is 111 Å². The fourth-order valence-corrected chi connectivity index (χ4v) is 5.84. The van der Waals surface area contributed by atoms with E-state index in [1.807, 2.05) is 60.8 Å². The maximum absolute atomic E-state index is 13.6. The Balaban J connectivity index is 1.42. The van der Waals surface area contributed by atoms with Crippen molar-refractivity contribution in [1.29, 1.82) is 0 Å². The molecule has 1 aliphatic rings. The first-order valence-electron chi connectivity index (χ1n) is 12.6. The molecule has 186 valence electrons. The predicted molar refractivity (Wildman–Crippen MR) is 150 cm³/mol. The molecule has 0 amide bonds. The number of H-pyrrole nitrogens is 1. The van der Waals surface area contributed by atoms with Crippen LogP contribution < -0.4 is 11.2 Å². The van der Waals surface area contributed by atoms with Gasteiger partial charge in [-0.1, -0.05) is 54.1 Å². The van der Waals surface area contributed by atoms with E-state index >= 15 is 0 Å². The van der Waals surface area contributed by atoms with Crippen LogP contribution in [0.25, 0.3) is 49.6 Å². The van der Waals surface area contributed by atoms with Crippen LogP contribution in [0.1, 0.15) is 18.5 Å². The molecule has 7 nitrogen and oxygen atoms in total. The number of nitrogens with one attached hydrogen (secondary N) is 1. The highest BCUT2D eigenvalue weighted by Gasteiger charge is 2.21. The van der Waals surface area contributed by atoms with Gasteiger partial charge in [0, 0.05) is 45.4 Å². The second kappa shape index (κ2) is 8.82. The standard InChI is InChI=1S/C30H22ClN5O2/c31-24-9-5-8-21(23-16-33-35-13-4-3-10-26(23)35)28(24)18-11-12-22-25(14-18)34-30(38)36(29(22)37)27-17-32-15-19-6-1-2-7-20(19)27/h1-2,5-9,11-12,14-17H,3-4,10,13H2,(H,34,38). The average molecular weight is 520 g/mol. The highest BCUT2D eigenvalue weighted by atomic mass is 35.5. The number of rotatable bonds is 3. The van der Waals surface area contributed by atoms with E-state index in [0.29, 0.717) is 21.6 Å². The van der Waals surface area contributed by atoms with Crippen LogP contribution in [0.2, 0.25) is 5.02 Å². The van der Waals surface area contributed by atoms with Gasteiger partial charge in [-0.05, 0) is 48.6 Å². The van der Waals surface area contributed by atoms with Gasteiger partial charge >= 0.3 is 5.69 Å². The van der Waals surface area contributed by atoms with Gasteiger partial charge < -0.3 is 4.98 Å². The van der Waals surface area contributed by atoms with Crippen molar-refractivity contribution in [2.24, 2.45) is 0 Å². The molecule has 7 rings (SSSR count). The van der Waals surface area contributed by atoms with Gasteiger partial charge in [-0.25, -0.2) is 9.36 Å². The molecule has 0 bridgehead atoms. The van der Waals surface area contributed by atoms with Gasteiger partial charge in [-0.2, -0.15) is 5.10 Å². The number of nitrogens with zero attached hydrogens (tertiary/aromatic N) is 4. The highest BCUT2D eigenvalue weighted by molar-refractivity contribution is 6.34. The Bertz CT molecular complexity index is 2000. The lowest BCUT2D eigenvalue weighted by atomic mass is 9.92. The Labute approximate surface area is 222 Å². The first-order valence-corrected chi connectivity index (χ1v) is 12.9. The largest absolute Gasteiger partial charge is 0.333 e. The van der Waals surface area contributed by atoms with E-state index < -0.39 is 11.2 Å². The number of aromatic nitrogens is 5. The summed E-state index contributed by atoms with van der Waals surface area (Å²) in [6, 6.07) is 18.8. The first-order chi connectivity index (χ1) is 18.6. The molecular weight excluding hydrogens is 498 g/mol. The SMILES string of the molecule is O=c1[nH]c2cc(-c3c(Cl)cccc3-c3cnn4c3CCCC4)ccc2c(=O)n1-c1cncc2ccccc12. The number of hydrogen-bond acceptors (Lipinski definition) is 4. The second-order valence-corrected chi connectivity index (χ2v) is 9.97. The Kier molecular flexibility index (Phi) is 5.26. The van der Waals surface area contributed by atoms with Crippen molar-refractivity contribution < 1.29 is 0 Å². The van der Waals surface area contributed by atoms with E-state index in [-0.39, 0.29) is 0 Å². The summed E-state index contributed by atoms with van der Waals surface area (Å²) in [5.74, 6) is 0. The third kappa shape index (κ3) is 3.50. The fourth-order valence-electron chi connectivity index (χ4n) is 5.56. The van der Waals surface area contributed by atoms with Gasteiger partial charge in [0.25, 0.3) is 5.56 Å². The van der Waals surface area contributed by atoms with Gasteiger partial charge in [-0.3, -0.25) is 14.5 Å². The quantitative estimate of drug-likeness (QED) is 0.323. The van der Waals surface area contributed by atoms with Crippen molar-refractivity contribution in [1.82, 2.24) is 24.3 Å². The smallest absolute Gasteiger partial charge is 0.306 e. The van der Waals surface area contributed by atoms with E-state index in [2.05, 4.69) is 19.7 Å². The van der Waals surface area contributed by atoms with Gasteiger partial charge in [0.15, 0.2) is 0 Å². The number of benzene rings is 3. The second-order valence-electron chi connectivity index (χ2n) is 9.56. The van der Waals surface area contributed by atoms with E-state index in [9.17, 15) is 9.59 Å². The molecule has 0 aliphatic carbocycles. The van der Waals surface area contributed by atoms with Crippen LogP contribution in [0.5, 0.6) is 0 Å². The molecule has 0 saturated carbocycles. The average Bonchev–Trinajstić information content (AvgIpc) is 3.37. The molecule has 0 fully saturated rings. The number of hydrogen-bond donors (Lipinski definition) is 1.